The molecule has 12 heavy (non-hydrogen) atoms. The van der Waals surface area contributed by atoms with Gasteiger partial charge in [-0.25, -0.2) is 4.31 Å². The van der Waals surface area contributed by atoms with Gasteiger partial charge in [0.25, 0.3) is 0 Å². The Bertz CT molecular complexity index is 165. The molecule has 0 aromatic heterocycles. The van der Waals surface area contributed by atoms with E-state index in [1.54, 1.807) is 0 Å². The third-order valence-electron chi connectivity index (χ3n) is 1.70. The fraction of sp³-hybridized carbons (Fsp3) is 0.857. The Kier molecular flexibility index (Phi) is 3.84. The number of amides is 1. The molecule has 0 aromatic carbocycles. The van der Waals surface area contributed by atoms with E-state index >= 15 is 0 Å². The maximum absolute atomic E-state index is 10.6. The van der Waals surface area contributed by atoms with Gasteiger partial charge in [0.1, 0.15) is 0 Å². The van der Waals surface area contributed by atoms with E-state index in [2.05, 4.69) is 18.1 Å². The molecule has 1 aliphatic heterocycles. The fourth-order valence-electron chi connectivity index (χ4n) is 1.08. The van der Waals surface area contributed by atoms with Crippen molar-refractivity contribution in [3.8, 4) is 0 Å². The second-order valence-electron chi connectivity index (χ2n) is 2.84. The highest BCUT2D eigenvalue weighted by Gasteiger charge is 2.17. The number of rotatable bonds is 2. The highest BCUT2D eigenvalue weighted by Crippen LogP contribution is 2.05. The first kappa shape index (κ1) is 9.83. The first-order valence-electron chi connectivity index (χ1n) is 3.98. The average Bonchev–Trinajstić information content (AvgIpc) is 2.01. The molecular formula is C7H14N2O2S. The van der Waals surface area contributed by atoms with Crippen LogP contribution in [0.1, 0.15) is 6.92 Å². The number of nitrogens with zero attached hydrogens (tertiary/aromatic N) is 1. The van der Waals surface area contributed by atoms with Gasteiger partial charge in [0, 0.05) is 26.6 Å². The fourth-order valence-corrected chi connectivity index (χ4v) is 1.35. The number of carbonyl (C=O) groups excluding carboxylic acids is 1. The maximum atomic E-state index is 10.6. The Morgan fingerprint density at radius 1 is 1.83 bits per heavy atom. The van der Waals surface area contributed by atoms with Gasteiger partial charge in [-0.15, -0.1) is 0 Å². The number of hydrogen-bond acceptors (Lipinski definition) is 4. The summed E-state index contributed by atoms with van der Waals surface area (Å²) in [4.78, 5) is 10.6. The van der Waals surface area contributed by atoms with Gasteiger partial charge in [-0.3, -0.25) is 4.79 Å². The van der Waals surface area contributed by atoms with Gasteiger partial charge in [0.2, 0.25) is 5.91 Å². The highest BCUT2D eigenvalue weighted by molar-refractivity contribution is 7.77. The molecule has 0 bridgehead atoms. The van der Waals surface area contributed by atoms with Crippen LogP contribution in [0.4, 0.5) is 0 Å². The molecule has 1 aliphatic rings. The van der Waals surface area contributed by atoms with Crippen molar-refractivity contribution < 1.29 is 9.53 Å². The molecule has 0 saturated carbocycles. The van der Waals surface area contributed by atoms with Gasteiger partial charge >= 0.3 is 0 Å². The molecule has 1 atom stereocenters. The van der Waals surface area contributed by atoms with Gasteiger partial charge in [-0.2, -0.15) is 0 Å². The minimum atomic E-state index is -0.0186. The van der Waals surface area contributed by atoms with Crippen molar-refractivity contribution in [1.82, 2.24) is 9.62 Å². The van der Waals surface area contributed by atoms with Gasteiger partial charge in [-0.1, -0.05) is 12.8 Å². The standard InChI is InChI=1S/C7H14N2O2S/c1-6(10)8-4-7-5-9(12)2-3-11-7/h7,12H,2-5H2,1H3,(H,8,10). The Morgan fingerprint density at radius 2 is 2.58 bits per heavy atom. The van der Waals surface area contributed by atoms with Crippen LogP contribution in [0.3, 0.4) is 0 Å². The predicted octanol–water partition coefficient (Wildman–Crippen LogP) is -0.332. The summed E-state index contributed by atoms with van der Waals surface area (Å²) in [5.41, 5.74) is 0. The molecule has 1 saturated heterocycles. The largest absolute Gasteiger partial charge is 0.374 e. The Morgan fingerprint density at radius 3 is 3.17 bits per heavy atom. The van der Waals surface area contributed by atoms with Crippen LogP contribution in [0.25, 0.3) is 0 Å². The topological polar surface area (TPSA) is 41.6 Å². The van der Waals surface area contributed by atoms with Crippen LogP contribution in [-0.4, -0.2) is 42.6 Å². The second kappa shape index (κ2) is 4.69. The molecule has 1 rings (SSSR count). The molecule has 1 N–H and O–H groups in total. The highest BCUT2D eigenvalue weighted by atomic mass is 32.1. The number of morpholine rings is 1. The molecule has 1 fully saturated rings. The lowest BCUT2D eigenvalue weighted by molar-refractivity contribution is -0.119. The van der Waals surface area contributed by atoms with Crippen LogP contribution < -0.4 is 5.32 Å². The number of ether oxygens (including phenoxy) is 1. The van der Waals surface area contributed by atoms with E-state index in [9.17, 15) is 4.79 Å². The molecular weight excluding hydrogens is 176 g/mol. The summed E-state index contributed by atoms with van der Waals surface area (Å²) >= 11 is 4.21. The SMILES string of the molecule is CC(=O)NCC1CN(S)CCO1. The van der Waals surface area contributed by atoms with Gasteiger partial charge < -0.3 is 10.1 Å². The van der Waals surface area contributed by atoms with Crippen LogP contribution in [0.2, 0.25) is 0 Å². The third kappa shape index (κ3) is 3.42. The van der Waals surface area contributed by atoms with E-state index < -0.39 is 0 Å². The normalized spacial score (nSPS) is 25.3. The zero-order valence-electron chi connectivity index (χ0n) is 7.12. The summed E-state index contributed by atoms with van der Waals surface area (Å²) in [6.45, 7) is 4.38. The van der Waals surface area contributed by atoms with Crippen molar-refractivity contribution in [2.24, 2.45) is 0 Å². The Balaban J connectivity index is 2.18. The van der Waals surface area contributed by atoms with E-state index in [0.29, 0.717) is 13.2 Å². The molecule has 1 unspecified atom stereocenters. The molecule has 0 spiro atoms. The number of hydrogen-bond donors (Lipinski definition) is 2. The first-order valence-corrected chi connectivity index (χ1v) is 4.38. The van der Waals surface area contributed by atoms with Gasteiger partial charge in [-0.05, 0) is 0 Å². The van der Waals surface area contributed by atoms with Crippen molar-refractivity contribution >= 4 is 18.7 Å². The maximum Gasteiger partial charge on any atom is 0.216 e. The van der Waals surface area contributed by atoms with Crippen molar-refractivity contribution in [3.63, 3.8) is 0 Å². The van der Waals surface area contributed by atoms with Crippen LogP contribution in [0, 0.1) is 0 Å². The molecule has 4 nitrogen and oxygen atoms in total. The summed E-state index contributed by atoms with van der Waals surface area (Å²) in [6.07, 6.45) is 0.0835. The summed E-state index contributed by atoms with van der Waals surface area (Å²) in [5.74, 6) is -0.0186. The Labute approximate surface area is 77.8 Å². The van der Waals surface area contributed by atoms with E-state index in [-0.39, 0.29) is 12.0 Å². The summed E-state index contributed by atoms with van der Waals surface area (Å²) < 4.78 is 7.29. The molecule has 0 aliphatic carbocycles. The second-order valence-corrected chi connectivity index (χ2v) is 3.41. The van der Waals surface area contributed by atoms with Crippen LogP contribution >= 0.6 is 12.8 Å². The van der Waals surface area contributed by atoms with Crippen molar-refractivity contribution in [3.05, 3.63) is 0 Å². The van der Waals surface area contributed by atoms with Gasteiger partial charge in [0.05, 0.1) is 12.7 Å². The van der Waals surface area contributed by atoms with Gasteiger partial charge in [0.15, 0.2) is 0 Å². The average molecular weight is 190 g/mol. The molecule has 1 amide bonds. The van der Waals surface area contributed by atoms with Crippen molar-refractivity contribution in [2.45, 2.75) is 13.0 Å². The molecule has 0 aromatic rings. The van der Waals surface area contributed by atoms with E-state index in [0.717, 1.165) is 13.1 Å². The van der Waals surface area contributed by atoms with Crippen LogP contribution in [0.5, 0.6) is 0 Å². The zero-order valence-corrected chi connectivity index (χ0v) is 8.01. The molecule has 70 valence electrons. The molecule has 5 heteroatoms. The van der Waals surface area contributed by atoms with E-state index in [1.807, 2.05) is 4.31 Å². The minimum absolute atomic E-state index is 0.0186. The summed E-state index contributed by atoms with van der Waals surface area (Å²) in [6, 6.07) is 0. The third-order valence-corrected chi connectivity index (χ3v) is 2.06. The quantitative estimate of drug-likeness (QED) is 0.586. The molecule has 1 heterocycles. The minimum Gasteiger partial charge on any atom is -0.374 e. The van der Waals surface area contributed by atoms with Crippen LogP contribution in [0.15, 0.2) is 0 Å². The van der Waals surface area contributed by atoms with E-state index in [1.165, 1.54) is 6.92 Å². The summed E-state index contributed by atoms with van der Waals surface area (Å²) in [7, 11) is 0. The smallest absolute Gasteiger partial charge is 0.216 e. The van der Waals surface area contributed by atoms with E-state index in [4.69, 9.17) is 4.74 Å². The number of nitrogens with one attached hydrogen (secondary N) is 1. The lowest BCUT2D eigenvalue weighted by atomic mass is 10.3. The zero-order chi connectivity index (χ0) is 8.97. The first-order chi connectivity index (χ1) is 5.68. The summed E-state index contributed by atoms with van der Waals surface area (Å²) in [5, 5.41) is 2.71. The Hall–Kier alpha value is -0.260. The number of carbonyl (C=O) groups is 1. The van der Waals surface area contributed by atoms with Crippen molar-refractivity contribution in [2.75, 3.05) is 26.2 Å². The predicted molar refractivity (Wildman–Crippen MR) is 49.0 cm³/mol. The molecule has 0 radical (unpaired) electrons. The number of thiol groups is 1. The monoisotopic (exact) mass is 190 g/mol. The lowest BCUT2D eigenvalue weighted by Gasteiger charge is -2.28. The van der Waals surface area contributed by atoms with Crippen molar-refractivity contribution in [1.29, 1.82) is 0 Å². The lowest BCUT2D eigenvalue weighted by Crippen LogP contribution is -2.43. The van der Waals surface area contributed by atoms with Crippen LogP contribution in [-0.2, 0) is 9.53 Å².